The molecule has 4 rings (SSSR count). The van der Waals surface area contributed by atoms with E-state index in [0.29, 0.717) is 23.4 Å². The van der Waals surface area contributed by atoms with Crippen molar-refractivity contribution in [2.45, 2.75) is 39.7 Å². The summed E-state index contributed by atoms with van der Waals surface area (Å²) in [5, 5.41) is 9.70. The van der Waals surface area contributed by atoms with Crippen LogP contribution >= 0.6 is 0 Å². The summed E-state index contributed by atoms with van der Waals surface area (Å²) >= 11 is 0. The molecule has 1 aromatic carbocycles. The Balaban J connectivity index is 1.57. The van der Waals surface area contributed by atoms with E-state index in [2.05, 4.69) is 44.7 Å². The number of rotatable bonds is 3. The summed E-state index contributed by atoms with van der Waals surface area (Å²) < 4.78 is 0. The maximum absolute atomic E-state index is 12.6. The number of fused-ring (bicyclic) bond motifs is 2. The number of amides is 1. The molecule has 1 aromatic heterocycles. The number of aromatic nitrogens is 2. The van der Waals surface area contributed by atoms with Crippen molar-refractivity contribution < 1.29 is 4.79 Å². The SMILES string of the molecule is CCN1CCC(Nc2ncc3c(n2)Nc2cc(C)c(C)cc2NC3=O)CC1. The van der Waals surface area contributed by atoms with E-state index in [1.165, 1.54) is 0 Å². The lowest BCUT2D eigenvalue weighted by Crippen LogP contribution is -2.39. The van der Waals surface area contributed by atoms with Crippen LogP contribution in [0.25, 0.3) is 0 Å². The topological polar surface area (TPSA) is 82.2 Å². The highest BCUT2D eigenvalue weighted by molar-refractivity contribution is 6.11. The van der Waals surface area contributed by atoms with Crippen LogP contribution in [0.15, 0.2) is 18.3 Å². The second-order valence-corrected chi connectivity index (χ2v) is 7.37. The van der Waals surface area contributed by atoms with Crippen LogP contribution in [0.2, 0.25) is 0 Å². The molecule has 0 aliphatic carbocycles. The first-order chi connectivity index (χ1) is 13.0. The Labute approximate surface area is 159 Å². The Kier molecular flexibility index (Phi) is 4.70. The monoisotopic (exact) mass is 366 g/mol. The number of carbonyl (C=O) groups is 1. The van der Waals surface area contributed by atoms with Crippen LogP contribution in [0.3, 0.4) is 0 Å². The van der Waals surface area contributed by atoms with Crippen molar-refractivity contribution in [3.63, 3.8) is 0 Å². The summed E-state index contributed by atoms with van der Waals surface area (Å²) in [7, 11) is 0. The van der Waals surface area contributed by atoms with Crippen LogP contribution in [-0.2, 0) is 0 Å². The Hall–Kier alpha value is -2.67. The molecule has 0 atom stereocenters. The van der Waals surface area contributed by atoms with Crippen molar-refractivity contribution >= 4 is 29.0 Å². The fourth-order valence-corrected chi connectivity index (χ4v) is 3.63. The van der Waals surface area contributed by atoms with Gasteiger partial charge in [-0.05, 0) is 56.5 Å². The second-order valence-electron chi connectivity index (χ2n) is 7.37. The second kappa shape index (κ2) is 7.15. The average Bonchev–Trinajstić information content (AvgIpc) is 2.78. The van der Waals surface area contributed by atoms with Gasteiger partial charge in [-0.25, -0.2) is 4.98 Å². The van der Waals surface area contributed by atoms with Crippen molar-refractivity contribution in [3.05, 3.63) is 35.0 Å². The third-order valence-corrected chi connectivity index (χ3v) is 5.54. The third-order valence-electron chi connectivity index (χ3n) is 5.54. The summed E-state index contributed by atoms with van der Waals surface area (Å²) in [6.45, 7) is 9.56. The van der Waals surface area contributed by atoms with Crippen LogP contribution < -0.4 is 16.0 Å². The van der Waals surface area contributed by atoms with E-state index in [4.69, 9.17) is 0 Å². The lowest BCUT2D eigenvalue weighted by atomic mass is 10.1. The van der Waals surface area contributed by atoms with Crippen LogP contribution in [0.4, 0.5) is 23.1 Å². The quantitative estimate of drug-likeness (QED) is 0.773. The minimum atomic E-state index is -0.192. The van der Waals surface area contributed by atoms with Gasteiger partial charge in [0.1, 0.15) is 11.4 Å². The number of anilines is 4. The zero-order valence-corrected chi connectivity index (χ0v) is 16.1. The van der Waals surface area contributed by atoms with Gasteiger partial charge < -0.3 is 20.9 Å². The van der Waals surface area contributed by atoms with Gasteiger partial charge in [0.2, 0.25) is 5.95 Å². The molecular formula is C20H26N6O. The van der Waals surface area contributed by atoms with Gasteiger partial charge in [-0.1, -0.05) is 6.92 Å². The first-order valence-corrected chi connectivity index (χ1v) is 9.59. The first-order valence-electron chi connectivity index (χ1n) is 9.59. The highest BCUT2D eigenvalue weighted by atomic mass is 16.1. The first kappa shape index (κ1) is 17.7. The maximum Gasteiger partial charge on any atom is 0.261 e. The predicted octanol–water partition coefficient (Wildman–Crippen LogP) is 3.30. The molecule has 0 spiro atoms. The van der Waals surface area contributed by atoms with Crippen molar-refractivity contribution in [1.29, 1.82) is 0 Å². The molecule has 2 aromatic rings. The number of benzene rings is 1. The highest BCUT2D eigenvalue weighted by Crippen LogP contribution is 2.33. The summed E-state index contributed by atoms with van der Waals surface area (Å²) in [6.07, 6.45) is 3.74. The van der Waals surface area contributed by atoms with E-state index in [-0.39, 0.29) is 5.91 Å². The van der Waals surface area contributed by atoms with Crippen molar-refractivity contribution in [2.75, 3.05) is 35.6 Å². The molecule has 7 heteroatoms. The average molecular weight is 366 g/mol. The molecule has 1 amide bonds. The molecule has 27 heavy (non-hydrogen) atoms. The molecule has 0 radical (unpaired) electrons. The summed E-state index contributed by atoms with van der Waals surface area (Å²) in [5.41, 5.74) is 4.37. The van der Waals surface area contributed by atoms with Crippen molar-refractivity contribution in [3.8, 4) is 0 Å². The van der Waals surface area contributed by atoms with E-state index < -0.39 is 0 Å². The lowest BCUT2D eigenvalue weighted by Gasteiger charge is -2.31. The number of hydrogen-bond donors (Lipinski definition) is 3. The largest absolute Gasteiger partial charge is 0.351 e. The molecule has 3 heterocycles. The third kappa shape index (κ3) is 3.60. The number of hydrogen-bond acceptors (Lipinski definition) is 6. The van der Waals surface area contributed by atoms with Crippen LogP contribution in [0.1, 0.15) is 41.3 Å². The Morgan fingerprint density at radius 3 is 2.48 bits per heavy atom. The summed E-state index contributed by atoms with van der Waals surface area (Å²) in [6, 6.07) is 4.38. The Bertz CT molecular complexity index is 873. The minimum Gasteiger partial charge on any atom is -0.351 e. The molecule has 1 saturated heterocycles. The molecule has 2 aliphatic heterocycles. The van der Waals surface area contributed by atoms with Gasteiger partial charge in [-0.2, -0.15) is 4.98 Å². The molecule has 142 valence electrons. The van der Waals surface area contributed by atoms with Crippen LogP contribution in [0.5, 0.6) is 0 Å². The number of nitrogens with one attached hydrogen (secondary N) is 3. The van der Waals surface area contributed by atoms with Gasteiger partial charge in [0.25, 0.3) is 5.91 Å². The maximum atomic E-state index is 12.6. The van der Waals surface area contributed by atoms with Crippen molar-refractivity contribution in [1.82, 2.24) is 14.9 Å². The van der Waals surface area contributed by atoms with Gasteiger partial charge in [0.05, 0.1) is 11.4 Å². The van der Waals surface area contributed by atoms with Gasteiger partial charge in [0.15, 0.2) is 0 Å². The fourth-order valence-electron chi connectivity index (χ4n) is 3.63. The lowest BCUT2D eigenvalue weighted by molar-refractivity contribution is 0.102. The molecule has 0 saturated carbocycles. The normalized spacial score (nSPS) is 17.4. The number of piperidine rings is 1. The van der Waals surface area contributed by atoms with Crippen LogP contribution in [0, 0.1) is 13.8 Å². The number of nitrogens with zero attached hydrogens (tertiary/aromatic N) is 3. The van der Waals surface area contributed by atoms with E-state index in [0.717, 1.165) is 55.0 Å². The molecule has 3 N–H and O–H groups in total. The van der Waals surface area contributed by atoms with E-state index in [1.807, 2.05) is 19.1 Å². The zero-order chi connectivity index (χ0) is 19.0. The molecule has 7 nitrogen and oxygen atoms in total. The highest BCUT2D eigenvalue weighted by Gasteiger charge is 2.23. The minimum absolute atomic E-state index is 0.192. The summed E-state index contributed by atoms with van der Waals surface area (Å²) in [4.78, 5) is 24.0. The predicted molar refractivity (Wildman–Crippen MR) is 108 cm³/mol. The zero-order valence-electron chi connectivity index (χ0n) is 16.1. The number of likely N-dealkylation sites (tertiary alicyclic amines) is 1. The smallest absolute Gasteiger partial charge is 0.261 e. The van der Waals surface area contributed by atoms with Crippen molar-refractivity contribution in [2.24, 2.45) is 0 Å². The van der Waals surface area contributed by atoms with E-state index in [9.17, 15) is 4.79 Å². The molecule has 2 aliphatic rings. The number of aryl methyl sites for hydroxylation is 2. The van der Waals surface area contributed by atoms with Gasteiger partial charge >= 0.3 is 0 Å². The fraction of sp³-hybridized carbons (Fsp3) is 0.450. The number of carbonyl (C=O) groups excluding carboxylic acids is 1. The van der Waals surface area contributed by atoms with E-state index in [1.54, 1.807) is 6.20 Å². The standard InChI is InChI=1S/C20H26N6O/c1-4-26-7-5-14(6-8-26)22-20-21-11-15-18(25-20)23-16-9-12(2)13(3)10-17(16)24-19(15)27/h9-11,14H,4-8H2,1-3H3,(H,24,27)(H2,21,22,23,25). The van der Waals surface area contributed by atoms with E-state index >= 15 is 0 Å². The molecule has 0 unspecified atom stereocenters. The van der Waals surface area contributed by atoms with Gasteiger partial charge in [-0.3, -0.25) is 4.79 Å². The van der Waals surface area contributed by atoms with Gasteiger partial charge in [-0.15, -0.1) is 0 Å². The van der Waals surface area contributed by atoms with Gasteiger partial charge in [0, 0.05) is 25.3 Å². The molecule has 0 bridgehead atoms. The summed E-state index contributed by atoms with van der Waals surface area (Å²) in [5.74, 6) is 0.914. The Morgan fingerprint density at radius 2 is 1.81 bits per heavy atom. The Morgan fingerprint density at radius 1 is 1.15 bits per heavy atom. The molecular weight excluding hydrogens is 340 g/mol. The molecule has 1 fully saturated rings. The van der Waals surface area contributed by atoms with Crippen LogP contribution in [-0.4, -0.2) is 46.5 Å².